The molecule has 0 amide bonds. The summed E-state index contributed by atoms with van der Waals surface area (Å²) in [5, 5.41) is 18.3. The minimum absolute atomic E-state index is 0.102. The second-order valence-electron chi connectivity index (χ2n) is 2.86. The zero-order valence-corrected chi connectivity index (χ0v) is 8.15. The molecule has 0 aromatic heterocycles. The first-order valence-electron chi connectivity index (χ1n) is 4.00. The summed E-state index contributed by atoms with van der Waals surface area (Å²) in [6.07, 6.45) is -0.486. The molecule has 82 valence electrons. The van der Waals surface area contributed by atoms with Crippen LogP contribution in [0.5, 0.6) is 0 Å². The Bertz CT molecular complexity index is 210. The zero-order valence-electron chi connectivity index (χ0n) is 8.15. The lowest BCUT2D eigenvalue weighted by Gasteiger charge is -2.18. The van der Waals surface area contributed by atoms with Crippen LogP contribution in [0.2, 0.25) is 0 Å². The molecule has 0 saturated carbocycles. The maximum absolute atomic E-state index is 10.9. The van der Waals surface area contributed by atoms with Crippen molar-refractivity contribution < 1.29 is 29.3 Å². The van der Waals surface area contributed by atoms with E-state index >= 15 is 0 Å². The van der Waals surface area contributed by atoms with E-state index in [0.717, 1.165) is 0 Å². The number of ether oxygens (including phenoxy) is 2. The lowest BCUT2D eigenvalue weighted by atomic mass is 10.1. The topological polar surface area (TPSA) is 93.1 Å². The second kappa shape index (κ2) is 5.69. The molecule has 6 nitrogen and oxygen atoms in total. The van der Waals surface area contributed by atoms with Gasteiger partial charge >= 0.3 is 5.97 Å². The van der Waals surface area contributed by atoms with Crippen molar-refractivity contribution >= 4 is 11.8 Å². The first-order valence-corrected chi connectivity index (χ1v) is 4.00. The first-order chi connectivity index (χ1) is 6.40. The van der Waals surface area contributed by atoms with E-state index in [-0.39, 0.29) is 25.4 Å². The fraction of sp³-hybridized carbons (Fsp3) is 0.750. The minimum atomic E-state index is -2.62. The quantitative estimate of drug-likeness (QED) is 0.436. The molecule has 0 aliphatic heterocycles. The van der Waals surface area contributed by atoms with Gasteiger partial charge < -0.3 is 24.5 Å². The summed E-state index contributed by atoms with van der Waals surface area (Å²) in [5.74, 6) is -4.08. The van der Waals surface area contributed by atoms with E-state index in [1.807, 2.05) is 0 Å². The molecule has 0 unspecified atom stereocenters. The van der Waals surface area contributed by atoms with Crippen molar-refractivity contribution in [3.63, 3.8) is 0 Å². The highest BCUT2D eigenvalue weighted by Gasteiger charge is 2.35. The molecule has 0 atom stereocenters. The standard InChI is InChI=1S/C8H14O6/c1-6(9)3-4-8(11,12)7(10)14-5-13-2/h11-12H,3-5H2,1-2H3. The molecular weight excluding hydrogens is 192 g/mol. The Morgan fingerprint density at radius 2 is 1.93 bits per heavy atom. The van der Waals surface area contributed by atoms with Gasteiger partial charge in [-0.2, -0.15) is 0 Å². The van der Waals surface area contributed by atoms with E-state index in [2.05, 4.69) is 9.47 Å². The summed E-state index contributed by atoms with van der Waals surface area (Å²) >= 11 is 0. The molecule has 0 bridgehead atoms. The number of carbonyl (C=O) groups excluding carboxylic acids is 2. The monoisotopic (exact) mass is 206 g/mol. The summed E-state index contributed by atoms with van der Waals surface area (Å²) < 4.78 is 8.72. The van der Waals surface area contributed by atoms with E-state index in [0.29, 0.717) is 0 Å². The van der Waals surface area contributed by atoms with Gasteiger partial charge in [-0.05, 0) is 6.92 Å². The molecule has 0 radical (unpaired) electrons. The largest absolute Gasteiger partial charge is 0.435 e. The van der Waals surface area contributed by atoms with Gasteiger partial charge in [0.15, 0.2) is 6.79 Å². The van der Waals surface area contributed by atoms with Crippen LogP contribution in [0.1, 0.15) is 19.8 Å². The number of Topliss-reactive ketones (excluding diaryl/α,β-unsaturated/α-hetero) is 1. The number of carbonyl (C=O) groups is 2. The third kappa shape index (κ3) is 4.90. The normalized spacial score (nSPS) is 11.1. The third-order valence-corrected chi connectivity index (χ3v) is 1.46. The molecule has 0 heterocycles. The molecule has 0 aliphatic rings. The van der Waals surface area contributed by atoms with Crippen LogP contribution in [0.25, 0.3) is 0 Å². The second-order valence-corrected chi connectivity index (χ2v) is 2.86. The molecule has 2 N–H and O–H groups in total. The van der Waals surface area contributed by atoms with E-state index in [4.69, 9.17) is 10.2 Å². The van der Waals surface area contributed by atoms with Gasteiger partial charge in [-0.25, -0.2) is 4.79 Å². The van der Waals surface area contributed by atoms with Crippen molar-refractivity contribution in [1.29, 1.82) is 0 Å². The zero-order chi connectivity index (χ0) is 11.2. The lowest BCUT2D eigenvalue weighted by molar-refractivity contribution is -0.219. The summed E-state index contributed by atoms with van der Waals surface area (Å²) in [6.45, 7) is 0.929. The van der Waals surface area contributed by atoms with Gasteiger partial charge in [0.1, 0.15) is 5.78 Å². The number of hydrogen-bond donors (Lipinski definition) is 2. The number of esters is 1. The van der Waals surface area contributed by atoms with E-state index in [1.54, 1.807) is 0 Å². The van der Waals surface area contributed by atoms with Crippen molar-refractivity contribution in [1.82, 2.24) is 0 Å². The van der Waals surface area contributed by atoms with Gasteiger partial charge in [-0.3, -0.25) is 0 Å². The van der Waals surface area contributed by atoms with Crippen molar-refractivity contribution in [2.45, 2.75) is 25.6 Å². The fourth-order valence-corrected chi connectivity index (χ4v) is 0.680. The molecule has 14 heavy (non-hydrogen) atoms. The van der Waals surface area contributed by atoms with Crippen molar-refractivity contribution in [2.24, 2.45) is 0 Å². The van der Waals surface area contributed by atoms with Crippen LogP contribution in [-0.4, -0.2) is 41.7 Å². The van der Waals surface area contributed by atoms with E-state index in [1.165, 1.54) is 14.0 Å². The number of rotatable bonds is 6. The van der Waals surface area contributed by atoms with Crippen LogP contribution in [0.3, 0.4) is 0 Å². The Hall–Kier alpha value is -0.980. The maximum Gasteiger partial charge on any atom is 0.368 e. The first kappa shape index (κ1) is 13.0. The van der Waals surface area contributed by atoms with Gasteiger partial charge in [0.2, 0.25) is 0 Å². The van der Waals surface area contributed by atoms with E-state index in [9.17, 15) is 9.59 Å². The summed E-state index contributed by atoms with van der Waals surface area (Å²) in [5.41, 5.74) is 0. The van der Waals surface area contributed by atoms with Gasteiger partial charge in [0, 0.05) is 20.0 Å². The lowest BCUT2D eigenvalue weighted by Crippen LogP contribution is -2.40. The average Bonchev–Trinajstić information content (AvgIpc) is 2.11. The Morgan fingerprint density at radius 1 is 1.36 bits per heavy atom. The van der Waals surface area contributed by atoms with Gasteiger partial charge in [0.05, 0.1) is 0 Å². The summed E-state index contributed by atoms with van der Waals surface area (Å²) in [4.78, 5) is 21.5. The predicted molar refractivity (Wildman–Crippen MR) is 45.1 cm³/mol. The SMILES string of the molecule is COCOC(=O)C(O)(O)CCC(C)=O. The van der Waals surface area contributed by atoms with Crippen LogP contribution in [0.4, 0.5) is 0 Å². The number of methoxy groups -OCH3 is 1. The molecule has 0 rings (SSSR count). The molecule has 0 aromatic carbocycles. The van der Waals surface area contributed by atoms with Gasteiger partial charge in [0.25, 0.3) is 5.79 Å². The third-order valence-electron chi connectivity index (χ3n) is 1.46. The number of ketones is 1. The van der Waals surface area contributed by atoms with Crippen LogP contribution in [0, 0.1) is 0 Å². The fourth-order valence-electron chi connectivity index (χ4n) is 0.680. The molecule has 6 heteroatoms. The van der Waals surface area contributed by atoms with Crippen LogP contribution in [0.15, 0.2) is 0 Å². The van der Waals surface area contributed by atoms with Crippen LogP contribution < -0.4 is 0 Å². The Labute approximate surface area is 81.4 Å². The average molecular weight is 206 g/mol. The summed E-state index contributed by atoms with van der Waals surface area (Å²) in [7, 11) is 1.29. The molecule has 0 saturated heterocycles. The Balaban J connectivity index is 4.02. The van der Waals surface area contributed by atoms with Crippen molar-refractivity contribution in [2.75, 3.05) is 13.9 Å². The van der Waals surface area contributed by atoms with Crippen LogP contribution >= 0.6 is 0 Å². The Kier molecular flexibility index (Phi) is 5.29. The molecular formula is C8H14O6. The smallest absolute Gasteiger partial charge is 0.368 e. The van der Waals surface area contributed by atoms with Gasteiger partial charge in [-0.15, -0.1) is 0 Å². The van der Waals surface area contributed by atoms with Crippen molar-refractivity contribution in [3.8, 4) is 0 Å². The maximum atomic E-state index is 10.9. The molecule has 0 fully saturated rings. The Morgan fingerprint density at radius 3 is 2.36 bits per heavy atom. The minimum Gasteiger partial charge on any atom is -0.435 e. The highest BCUT2D eigenvalue weighted by atomic mass is 16.7. The number of hydrogen-bond acceptors (Lipinski definition) is 6. The molecule has 0 aromatic rings. The molecule has 0 aliphatic carbocycles. The highest BCUT2D eigenvalue weighted by molar-refractivity contribution is 5.79. The number of aliphatic hydroxyl groups is 2. The predicted octanol–water partition coefficient (Wildman–Crippen LogP) is -0.816. The summed E-state index contributed by atoms with van der Waals surface area (Å²) in [6, 6.07) is 0. The molecule has 0 spiro atoms. The van der Waals surface area contributed by atoms with Crippen molar-refractivity contribution in [3.05, 3.63) is 0 Å². The van der Waals surface area contributed by atoms with E-state index < -0.39 is 11.8 Å². The van der Waals surface area contributed by atoms with Gasteiger partial charge in [-0.1, -0.05) is 0 Å². The highest BCUT2D eigenvalue weighted by Crippen LogP contribution is 2.11. The van der Waals surface area contributed by atoms with Crippen LogP contribution in [-0.2, 0) is 19.1 Å².